The minimum Gasteiger partial charge on any atom is -0.497 e. The fourth-order valence-electron chi connectivity index (χ4n) is 3.02. The molecule has 0 aliphatic carbocycles. The van der Waals surface area contributed by atoms with Crippen LogP contribution in [0.25, 0.3) is 11.4 Å². The highest BCUT2D eigenvalue weighted by Gasteiger charge is 2.22. The van der Waals surface area contributed by atoms with Gasteiger partial charge in [0.1, 0.15) is 5.75 Å². The van der Waals surface area contributed by atoms with Gasteiger partial charge in [0.25, 0.3) is 0 Å². The van der Waals surface area contributed by atoms with Crippen molar-refractivity contribution in [3.8, 4) is 17.1 Å². The van der Waals surface area contributed by atoms with Crippen LogP contribution in [0.4, 0.5) is 0 Å². The molecule has 2 heterocycles. The zero-order valence-electron chi connectivity index (χ0n) is 15.3. The topological polar surface area (TPSA) is 60.6 Å². The molecule has 1 aliphatic rings. The van der Waals surface area contributed by atoms with E-state index in [1.54, 1.807) is 7.11 Å². The van der Waals surface area contributed by atoms with Crippen LogP contribution >= 0.6 is 0 Å². The summed E-state index contributed by atoms with van der Waals surface area (Å²) in [5.41, 5.74) is 0.919. The van der Waals surface area contributed by atoms with Gasteiger partial charge in [-0.25, -0.2) is 0 Å². The number of aromatic nitrogens is 2. The summed E-state index contributed by atoms with van der Waals surface area (Å²) in [5.74, 6) is 2.05. The molecule has 0 saturated carbocycles. The maximum atomic E-state index is 5.87. The summed E-state index contributed by atoms with van der Waals surface area (Å²) in [6.07, 6.45) is 3.86. The van der Waals surface area contributed by atoms with Crippen LogP contribution in [-0.2, 0) is 11.3 Å². The van der Waals surface area contributed by atoms with Gasteiger partial charge in [0.15, 0.2) is 0 Å². The molecular weight excluding hydrogens is 318 g/mol. The van der Waals surface area contributed by atoms with E-state index >= 15 is 0 Å². The van der Waals surface area contributed by atoms with Crippen LogP contribution in [0.2, 0.25) is 0 Å². The highest BCUT2D eigenvalue weighted by atomic mass is 16.5. The third kappa shape index (κ3) is 4.80. The van der Waals surface area contributed by atoms with E-state index in [4.69, 9.17) is 14.0 Å². The Balaban J connectivity index is 1.65. The Hall–Kier alpha value is -1.92. The van der Waals surface area contributed by atoms with E-state index in [0.29, 0.717) is 30.4 Å². The largest absolute Gasteiger partial charge is 0.497 e. The first-order valence-electron chi connectivity index (χ1n) is 8.98. The predicted octanol–water partition coefficient (Wildman–Crippen LogP) is 3.52. The number of hydrogen-bond acceptors (Lipinski definition) is 6. The van der Waals surface area contributed by atoms with Crippen LogP contribution in [0.5, 0.6) is 5.75 Å². The van der Waals surface area contributed by atoms with E-state index in [2.05, 4.69) is 28.9 Å². The molecule has 3 rings (SSSR count). The van der Waals surface area contributed by atoms with Crippen molar-refractivity contribution in [2.45, 2.75) is 51.8 Å². The first-order valence-corrected chi connectivity index (χ1v) is 8.98. The lowest BCUT2D eigenvalue weighted by molar-refractivity contribution is -0.0147. The van der Waals surface area contributed by atoms with Crippen LogP contribution in [0.15, 0.2) is 28.8 Å². The third-order valence-corrected chi connectivity index (χ3v) is 4.60. The molecule has 1 atom stereocenters. The molecule has 25 heavy (non-hydrogen) atoms. The average Bonchev–Trinajstić information content (AvgIpc) is 3.10. The van der Waals surface area contributed by atoms with Crippen molar-refractivity contribution >= 4 is 0 Å². The van der Waals surface area contributed by atoms with E-state index < -0.39 is 0 Å². The maximum Gasteiger partial charge on any atom is 0.241 e. The van der Waals surface area contributed by atoms with Crippen molar-refractivity contribution < 1.29 is 14.0 Å². The fraction of sp³-hybridized carbons (Fsp3) is 0.579. The second-order valence-corrected chi connectivity index (χ2v) is 6.75. The smallest absolute Gasteiger partial charge is 0.241 e. The Morgan fingerprint density at radius 3 is 2.68 bits per heavy atom. The Morgan fingerprint density at radius 2 is 2.04 bits per heavy atom. The molecule has 136 valence electrons. The molecular formula is C19H27N3O3. The number of methoxy groups -OCH3 is 1. The molecule has 0 radical (unpaired) electrons. The fourth-order valence-corrected chi connectivity index (χ4v) is 3.02. The number of ether oxygens (including phenoxy) is 2. The van der Waals surface area contributed by atoms with Gasteiger partial charge < -0.3 is 14.0 Å². The summed E-state index contributed by atoms with van der Waals surface area (Å²) in [4.78, 5) is 6.88. The standard InChI is InChI=1S/C19H27N3O3/c1-14(2)22(12-17-6-4-5-11-24-17)13-18-20-19(21-25-18)15-7-9-16(23-3)10-8-15/h7-10,14,17H,4-6,11-13H2,1-3H3/t17-/m1/s1. The molecule has 0 bridgehead atoms. The lowest BCUT2D eigenvalue weighted by Gasteiger charge is -2.31. The van der Waals surface area contributed by atoms with Gasteiger partial charge in [0, 0.05) is 24.8 Å². The molecule has 0 N–H and O–H groups in total. The van der Waals surface area contributed by atoms with Crippen LogP contribution in [0, 0.1) is 0 Å². The molecule has 0 unspecified atom stereocenters. The van der Waals surface area contributed by atoms with Crippen molar-refractivity contribution in [2.75, 3.05) is 20.3 Å². The lowest BCUT2D eigenvalue weighted by atomic mass is 10.1. The van der Waals surface area contributed by atoms with E-state index in [-0.39, 0.29) is 0 Å². The summed E-state index contributed by atoms with van der Waals surface area (Å²) in [5, 5.41) is 4.12. The summed E-state index contributed by atoms with van der Waals surface area (Å²) < 4.78 is 16.5. The van der Waals surface area contributed by atoms with E-state index in [1.165, 1.54) is 12.8 Å². The number of rotatable bonds is 7. The van der Waals surface area contributed by atoms with E-state index in [9.17, 15) is 0 Å². The minimum atomic E-state index is 0.306. The molecule has 1 aromatic carbocycles. The Morgan fingerprint density at radius 1 is 1.24 bits per heavy atom. The first-order chi connectivity index (χ1) is 12.2. The Labute approximate surface area is 149 Å². The minimum absolute atomic E-state index is 0.306. The quantitative estimate of drug-likeness (QED) is 0.765. The molecule has 1 aliphatic heterocycles. The van der Waals surface area contributed by atoms with Gasteiger partial charge in [-0.15, -0.1) is 0 Å². The van der Waals surface area contributed by atoms with Crippen LogP contribution in [0.3, 0.4) is 0 Å². The number of nitrogens with zero attached hydrogens (tertiary/aromatic N) is 3. The summed E-state index contributed by atoms with van der Waals surface area (Å²) in [7, 11) is 1.65. The highest BCUT2D eigenvalue weighted by Crippen LogP contribution is 2.21. The SMILES string of the molecule is COc1ccc(-c2noc(CN(C[C@H]3CCCCO3)C(C)C)n2)cc1. The van der Waals surface area contributed by atoms with Crippen molar-refractivity contribution in [2.24, 2.45) is 0 Å². The summed E-state index contributed by atoms with van der Waals surface area (Å²) in [6, 6.07) is 8.05. The van der Waals surface area contributed by atoms with Gasteiger partial charge in [0.05, 0.1) is 19.8 Å². The molecule has 0 amide bonds. The number of hydrogen-bond donors (Lipinski definition) is 0. The summed E-state index contributed by atoms with van der Waals surface area (Å²) >= 11 is 0. The lowest BCUT2D eigenvalue weighted by Crippen LogP contribution is -2.39. The maximum absolute atomic E-state index is 5.87. The van der Waals surface area contributed by atoms with Gasteiger partial charge in [-0.05, 0) is 57.4 Å². The van der Waals surface area contributed by atoms with Gasteiger partial charge in [-0.2, -0.15) is 4.98 Å². The van der Waals surface area contributed by atoms with Crippen molar-refractivity contribution in [3.63, 3.8) is 0 Å². The molecule has 6 nitrogen and oxygen atoms in total. The zero-order valence-corrected chi connectivity index (χ0v) is 15.3. The van der Waals surface area contributed by atoms with Gasteiger partial charge in [-0.1, -0.05) is 5.16 Å². The Kier molecular flexibility index (Phi) is 6.04. The van der Waals surface area contributed by atoms with Crippen molar-refractivity contribution in [1.29, 1.82) is 0 Å². The second-order valence-electron chi connectivity index (χ2n) is 6.75. The zero-order chi connectivity index (χ0) is 17.6. The molecule has 1 aromatic heterocycles. The van der Waals surface area contributed by atoms with Crippen LogP contribution in [-0.4, -0.2) is 47.4 Å². The third-order valence-electron chi connectivity index (χ3n) is 4.60. The molecule has 2 aromatic rings. The molecule has 0 spiro atoms. The van der Waals surface area contributed by atoms with Gasteiger partial charge in [-0.3, -0.25) is 4.90 Å². The monoisotopic (exact) mass is 345 g/mol. The second kappa shape index (κ2) is 8.45. The van der Waals surface area contributed by atoms with E-state index in [1.807, 2.05) is 24.3 Å². The van der Waals surface area contributed by atoms with Crippen molar-refractivity contribution in [1.82, 2.24) is 15.0 Å². The van der Waals surface area contributed by atoms with E-state index in [0.717, 1.165) is 30.9 Å². The summed E-state index contributed by atoms with van der Waals surface area (Å²) in [6.45, 7) is 6.78. The molecule has 1 saturated heterocycles. The molecule has 6 heteroatoms. The normalized spacial score (nSPS) is 18.0. The first kappa shape index (κ1) is 17.9. The van der Waals surface area contributed by atoms with Crippen LogP contribution in [0.1, 0.15) is 39.0 Å². The highest BCUT2D eigenvalue weighted by molar-refractivity contribution is 5.55. The predicted molar refractivity (Wildman–Crippen MR) is 95.4 cm³/mol. The Bertz CT molecular complexity index is 648. The van der Waals surface area contributed by atoms with Crippen molar-refractivity contribution in [3.05, 3.63) is 30.2 Å². The van der Waals surface area contributed by atoms with Gasteiger partial charge >= 0.3 is 0 Å². The van der Waals surface area contributed by atoms with Gasteiger partial charge in [0.2, 0.25) is 11.7 Å². The van der Waals surface area contributed by atoms with Crippen LogP contribution < -0.4 is 4.74 Å². The molecule has 1 fully saturated rings. The number of benzene rings is 1. The average molecular weight is 345 g/mol.